The van der Waals surface area contributed by atoms with Gasteiger partial charge in [-0.15, -0.1) is 0 Å². The molecule has 0 N–H and O–H groups in total. The van der Waals surface area contributed by atoms with E-state index in [1.54, 1.807) is 7.11 Å². The third kappa shape index (κ3) is 13.4. The van der Waals surface area contributed by atoms with Crippen LogP contribution in [0.15, 0.2) is 0 Å². The van der Waals surface area contributed by atoms with Crippen LogP contribution in [0, 0.1) is 0 Å². The summed E-state index contributed by atoms with van der Waals surface area (Å²) in [6, 6.07) is 1.11. The molecule has 0 spiro atoms. The second-order valence-corrected chi connectivity index (χ2v) is 16.6. The molecule has 0 aromatic carbocycles. The predicted molar refractivity (Wildman–Crippen MR) is 117 cm³/mol. The summed E-state index contributed by atoms with van der Waals surface area (Å²) < 4.78 is 24.0. The zero-order valence-corrected chi connectivity index (χ0v) is 20.9. The van der Waals surface area contributed by atoms with Crippen LogP contribution in [0.25, 0.3) is 0 Å². The van der Waals surface area contributed by atoms with Crippen molar-refractivity contribution in [2.75, 3.05) is 26.9 Å². The molecule has 0 aliphatic rings. The summed E-state index contributed by atoms with van der Waals surface area (Å²) in [5.41, 5.74) is -0.0323. The molecule has 0 rings (SSSR count). The highest BCUT2D eigenvalue weighted by Crippen LogP contribution is 2.31. The SMILES string of the molecule is CCCCC(C)(CCCC)O[Si](C)(C)O[Si](C)(C)CCCOCCOC. The third-order valence-corrected chi connectivity index (χ3v) is 11.4. The van der Waals surface area contributed by atoms with Gasteiger partial charge in [0.2, 0.25) is 0 Å². The summed E-state index contributed by atoms with van der Waals surface area (Å²) in [5.74, 6) is 0. The van der Waals surface area contributed by atoms with E-state index in [0.717, 1.165) is 31.9 Å². The summed E-state index contributed by atoms with van der Waals surface area (Å²) >= 11 is 0. The van der Waals surface area contributed by atoms with Gasteiger partial charge in [-0.25, -0.2) is 0 Å². The first-order valence-corrected chi connectivity index (χ1v) is 16.5. The summed E-state index contributed by atoms with van der Waals surface area (Å²) in [6.45, 7) is 18.0. The van der Waals surface area contributed by atoms with E-state index in [1.165, 1.54) is 25.7 Å². The molecular formula is C20H46O4Si2. The lowest BCUT2D eigenvalue weighted by Crippen LogP contribution is -2.51. The van der Waals surface area contributed by atoms with E-state index in [-0.39, 0.29) is 5.60 Å². The van der Waals surface area contributed by atoms with Crippen LogP contribution in [0.2, 0.25) is 32.2 Å². The van der Waals surface area contributed by atoms with Gasteiger partial charge in [0.25, 0.3) is 0 Å². The van der Waals surface area contributed by atoms with Crippen LogP contribution in [0.3, 0.4) is 0 Å². The molecule has 0 fully saturated rings. The monoisotopic (exact) mass is 406 g/mol. The topological polar surface area (TPSA) is 36.9 Å². The quantitative estimate of drug-likeness (QED) is 0.215. The molecule has 0 aromatic heterocycles. The fraction of sp³-hybridized carbons (Fsp3) is 1.00. The summed E-state index contributed by atoms with van der Waals surface area (Å²) in [5, 5.41) is 0. The first-order valence-electron chi connectivity index (χ1n) is 10.6. The molecule has 26 heavy (non-hydrogen) atoms. The molecule has 158 valence electrons. The Hall–Kier alpha value is 0.274. The van der Waals surface area contributed by atoms with Crippen molar-refractivity contribution in [2.45, 2.75) is 104 Å². The maximum Gasteiger partial charge on any atom is 0.321 e. The predicted octanol–water partition coefficient (Wildman–Crippen LogP) is 6.12. The molecule has 0 amide bonds. The molecule has 0 saturated carbocycles. The van der Waals surface area contributed by atoms with Crippen molar-refractivity contribution in [3.8, 4) is 0 Å². The van der Waals surface area contributed by atoms with Crippen molar-refractivity contribution < 1.29 is 18.0 Å². The molecule has 6 heteroatoms. The van der Waals surface area contributed by atoms with Crippen molar-refractivity contribution in [2.24, 2.45) is 0 Å². The van der Waals surface area contributed by atoms with Gasteiger partial charge in [0.05, 0.1) is 18.8 Å². The highest BCUT2D eigenvalue weighted by atomic mass is 28.4. The van der Waals surface area contributed by atoms with Crippen LogP contribution < -0.4 is 0 Å². The Balaban J connectivity index is 4.54. The van der Waals surface area contributed by atoms with Gasteiger partial charge in [-0.3, -0.25) is 0 Å². The Bertz CT molecular complexity index is 341. The van der Waals surface area contributed by atoms with Crippen molar-refractivity contribution in [3.63, 3.8) is 0 Å². The number of ether oxygens (including phenoxy) is 2. The average Bonchev–Trinajstić information content (AvgIpc) is 2.53. The molecule has 0 heterocycles. The van der Waals surface area contributed by atoms with Crippen LogP contribution in [0.4, 0.5) is 0 Å². The smallest absolute Gasteiger partial charge is 0.321 e. The Labute approximate surface area is 165 Å². The lowest BCUT2D eigenvalue weighted by atomic mass is 9.93. The van der Waals surface area contributed by atoms with Gasteiger partial charge in [0, 0.05) is 13.7 Å². The van der Waals surface area contributed by atoms with E-state index >= 15 is 0 Å². The third-order valence-electron chi connectivity index (χ3n) is 4.63. The Morgan fingerprint density at radius 2 is 1.38 bits per heavy atom. The fourth-order valence-electron chi connectivity index (χ4n) is 3.50. The van der Waals surface area contributed by atoms with Crippen LogP contribution in [-0.2, 0) is 18.0 Å². The Kier molecular flexibility index (Phi) is 13.6. The first kappa shape index (κ1) is 26.3. The van der Waals surface area contributed by atoms with Crippen molar-refractivity contribution >= 4 is 16.9 Å². The summed E-state index contributed by atoms with van der Waals surface area (Å²) in [4.78, 5) is 0. The highest BCUT2D eigenvalue weighted by molar-refractivity contribution is 6.82. The lowest BCUT2D eigenvalue weighted by Gasteiger charge is -2.41. The number of hydrogen-bond acceptors (Lipinski definition) is 4. The number of rotatable bonds is 17. The van der Waals surface area contributed by atoms with Crippen LogP contribution >= 0.6 is 0 Å². The van der Waals surface area contributed by atoms with Gasteiger partial charge in [-0.05, 0) is 58.4 Å². The maximum atomic E-state index is 6.73. The molecule has 0 aromatic rings. The van der Waals surface area contributed by atoms with E-state index in [1.807, 2.05) is 0 Å². The normalized spacial score (nSPS) is 13.4. The summed E-state index contributed by atoms with van der Waals surface area (Å²) in [7, 11) is -2.20. The standard InChI is InChI=1S/C20H46O4Si2/c1-9-11-14-20(3,15-12-10-2)23-26(7,8)24-25(5,6)19-13-16-22-18-17-21-4/h9-19H2,1-8H3. The molecule has 0 radical (unpaired) electrons. The van der Waals surface area contributed by atoms with Crippen LogP contribution in [0.5, 0.6) is 0 Å². The molecule has 0 saturated heterocycles. The van der Waals surface area contributed by atoms with Gasteiger partial charge in [-0.1, -0.05) is 39.5 Å². The lowest BCUT2D eigenvalue weighted by molar-refractivity contribution is 0.0357. The van der Waals surface area contributed by atoms with Gasteiger partial charge in [0.15, 0.2) is 8.32 Å². The number of hydrogen-bond donors (Lipinski definition) is 0. The van der Waals surface area contributed by atoms with Crippen molar-refractivity contribution in [1.82, 2.24) is 0 Å². The Morgan fingerprint density at radius 3 is 1.88 bits per heavy atom. The summed E-state index contributed by atoms with van der Waals surface area (Å²) in [6.07, 6.45) is 8.22. The van der Waals surface area contributed by atoms with Crippen LogP contribution in [0.1, 0.15) is 65.7 Å². The molecule has 0 aliphatic heterocycles. The van der Waals surface area contributed by atoms with E-state index < -0.39 is 16.9 Å². The molecule has 0 bridgehead atoms. The van der Waals surface area contributed by atoms with Crippen LogP contribution in [-0.4, -0.2) is 49.4 Å². The average molecular weight is 407 g/mol. The molecular weight excluding hydrogens is 360 g/mol. The fourth-order valence-corrected chi connectivity index (χ4v) is 11.8. The van der Waals surface area contributed by atoms with E-state index in [2.05, 4.69) is 47.0 Å². The minimum atomic E-state index is -2.15. The second kappa shape index (κ2) is 13.5. The zero-order chi connectivity index (χ0) is 20.1. The van der Waals surface area contributed by atoms with E-state index in [0.29, 0.717) is 13.2 Å². The van der Waals surface area contributed by atoms with Gasteiger partial charge < -0.3 is 18.0 Å². The van der Waals surface area contributed by atoms with Crippen molar-refractivity contribution in [3.05, 3.63) is 0 Å². The zero-order valence-electron chi connectivity index (χ0n) is 18.9. The highest BCUT2D eigenvalue weighted by Gasteiger charge is 2.39. The first-order chi connectivity index (χ1) is 12.1. The largest absolute Gasteiger partial charge is 0.436 e. The molecule has 4 nitrogen and oxygen atoms in total. The Morgan fingerprint density at radius 1 is 0.808 bits per heavy atom. The van der Waals surface area contributed by atoms with E-state index in [4.69, 9.17) is 18.0 Å². The number of methoxy groups -OCH3 is 1. The van der Waals surface area contributed by atoms with Gasteiger partial charge in [0.1, 0.15) is 0 Å². The maximum absolute atomic E-state index is 6.73. The minimum Gasteiger partial charge on any atom is -0.436 e. The molecule has 0 atom stereocenters. The second-order valence-electron chi connectivity index (χ2n) is 8.73. The molecule has 0 aliphatic carbocycles. The van der Waals surface area contributed by atoms with Gasteiger partial charge >= 0.3 is 8.56 Å². The minimum absolute atomic E-state index is 0.0323. The van der Waals surface area contributed by atoms with E-state index in [9.17, 15) is 0 Å². The van der Waals surface area contributed by atoms with Crippen molar-refractivity contribution in [1.29, 1.82) is 0 Å². The van der Waals surface area contributed by atoms with Gasteiger partial charge in [-0.2, -0.15) is 0 Å². The molecule has 0 unspecified atom stereocenters. The number of unbranched alkanes of at least 4 members (excludes halogenated alkanes) is 2.